The van der Waals surface area contributed by atoms with Crippen LogP contribution in [0, 0.1) is 0 Å². The van der Waals surface area contributed by atoms with E-state index in [0.29, 0.717) is 12.2 Å². The average molecular weight is 298 g/mol. The molecular formula is C14H17F3N4. The molecule has 0 radical (unpaired) electrons. The van der Waals surface area contributed by atoms with Crippen LogP contribution in [0.3, 0.4) is 0 Å². The van der Waals surface area contributed by atoms with E-state index in [4.69, 9.17) is 0 Å². The maximum Gasteiger partial charge on any atom is 0.418 e. The van der Waals surface area contributed by atoms with Crippen LogP contribution in [-0.2, 0) is 12.7 Å². The van der Waals surface area contributed by atoms with E-state index >= 15 is 0 Å². The van der Waals surface area contributed by atoms with Crippen molar-refractivity contribution in [3.63, 3.8) is 0 Å². The van der Waals surface area contributed by atoms with Crippen molar-refractivity contribution >= 4 is 0 Å². The molecule has 1 aromatic heterocycles. The van der Waals surface area contributed by atoms with E-state index in [0.717, 1.165) is 6.07 Å². The van der Waals surface area contributed by atoms with Gasteiger partial charge in [0.2, 0.25) is 0 Å². The molecule has 0 bridgehead atoms. The third-order valence-corrected chi connectivity index (χ3v) is 2.86. The molecule has 4 nitrogen and oxygen atoms in total. The van der Waals surface area contributed by atoms with Crippen LogP contribution in [0.15, 0.2) is 30.5 Å². The maximum absolute atomic E-state index is 13.1. The molecule has 0 amide bonds. The summed E-state index contributed by atoms with van der Waals surface area (Å²) in [4.78, 5) is 0. The Labute approximate surface area is 121 Å². The molecule has 0 aliphatic carbocycles. The Morgan fingerprint density at radius 3 is 2.43 bits per heavy atom. The predicted molar refractivity (Wildman–Crippen MR) is 73.0 cm³/mol. The lowest BCUT2D eigenvalue weighted by Crippen LogP contribution is -2.35. The first-order valence-corrected chi connectivity index (χ1v) is 6.50. The molecule has 0 saturated carbocycles. The fourth-order valence-corrected chi connectivity index (χ4v) is 1.83. The summed E-state index contributed by atoms with van der Waals surface area (Å²) in [6.45, 7) is 6.31. The highest BCUT2D eigenvalue weighted by Crippen LogP contribution is 2.33. The van der Waals surface area contributed by atoms with Gasteiger partial charge in [0, 0.05) is 12.1 Å². The first kappa shape index (κ1) is 15.5. The number of nitrogens with one attached hydrogen (secondary N) is 1. The summed E-state index contributed by atoms with van der Waals surface area (Å²) in [5.74, 6) is 0. The summed E-state index contributed by atoms with van der Waals surface area (Å²) < 4.78 is 40.4. The molecule has 7 heteroatoms. The Morgan fingerprint density at radius 2 is 1.81 bits per heavy atom. The molecule has 0 atom stereocenters. The normalized spacial score (nSPS) is 12.7. The minimum Gasteiger partial charge on any atom is -0.306 e. The number of hydrogen-bond acceptors (Lipinski definition) is 3. The molecule has 0 spiro atoms. The highest BCUT2D eigenvalue weighted by Gasteiger charge is 2.34. The standard InChI is InChI=1S/C14H17F3N4/c1-13(2,3)18-8-10-9-19-20-21(10)12-7-5-4-6-11(12)14(15,16)17/h4-7,9,18H,8H2,1-3H3. The highest BCUT2D eigenvalue weighted by molar-refractivity contribution is 5.42. The van der Waals surface area contributed by atoms with Gasteiger partial charge in [0.25, 0.3) is 0 Å². The zero-order valence-corrected chi connectivity index (χ0v) is 12.1. The zero-order chi connectivity index (χ0) is 15.7. The van der Waals surface area contributed by atoms with E-state index in [9.17, 15) is 13.2 Å². The fourth-order valence-electron chi connectivity index (χ4n) is 1.83. The van der Waals surface area contributed by atoms with Crippen molar-refractivity contribution in [3.05, 3.63) is 41.7 Å². The third kappa shape index (κ3) is 3.81. The molecule has 1 heterocycles. The van der Waals surface area contributed by atoms with E-state index in [2.05, 4.69) is 15.6 Å². The quantitative estimate of drug-likeness (QED) is 0.946. The van der Waals surface area contributed by atoms with Gasteiger partial charge in [-0.2, -0.15) is 13.2 Å². The van der Waals surface area contributed by atoms with Gasteiger partial charge < -0.3 is 5.32 Å². The lowest BCUT2D eigenvalue weighted by molar-refractivity contribution is -0.137. The first-order chi connectivity index (χ1) is 9.68. The molecule has 2 aromatic rings. The van der Waals surface area contributed by atoms with E-state index in [1.165, 1.54) is 23.0 Å². The van der Waals surface area contributed by atoms with Crippen LogP contribution < -0.4 is 5.32 Å². The van der Waals surface area contributed by atoms with Crippen molar-refractivity contribution in [2.24, 2.45) is 0 Å². The summed E-state index contributed by atoms with van der Waals surface area (Å²) in [6, 6.07) is 5.33. The second-order valence-electron chi connectivity index (χ2n) is 5.76. The number of nitrogens with zero attached hydrogens (tertiary/aromatic N) is 3. The van der Waals surface area contributed by atoms with Gasteiger partial charge in [-0.1, -0.05) is 17.3 Å². The van der Waals surface area contributed by atoms with Gasteiger partial charge in [-0.15, -0.1) is 5.10 Å². The lowest BCUT2D eigenvalue weighted by atomic mass is 10.1. The Morgan fingerprint density at radius 1 is 1.14 bits per heavy atom. The van der Waals surface area contributed by atoms with Gasteiger partial charge in [0.1, 0.15) is 0 Å². The van der Waals surface area contributed by atoms with E-state index in [1.807, 2.05) is 20.8 Å². The van der Waals surface area contributed by atoms with Crippen LogP contribution in [0.4, 0.5) is 13.2 Å². The van der Waals surface area contributed by atoms with Crippen LogP contribution >= 0.6 is 0 Å². The summed E-state index contributed by atoms with van der Waals surface area (Å²) in [5, 5.41) is 10.7. The number of rotatable bonds is 3. The Balaban J connectivity index is 2.38. The van der Waals surface area contributed by atoms with E-state index < -0.39 is 11.7 Å². The first-order valence-electron chi connectivity index (χ1n) is 6.50. The summed E-state index contributed by atoms with van der Waals surface area (Å²) >= 11 is 0. The molecule has 0 saturated heterocycles. The van der Waals surface area contributed by atoms with Crippen molar-refractivity contribution in [2.45, 2.75) is 39.0 Å². The van der Waals surface area contributed by atoms with Gasteiger partial charge in [0.05, 0.1) is 23.1 Å². The fraction of sp³-hybridized carbons (Fsp3) is 0.429. The topological polar surface area (TPSA) is 42.7 Å². The molecule has 1 aromatic carbocycles. The third-order valence-electron chi connectivity index (χ3n) is 2.86. The van der Waals surface area contributed by atoms with Crippen LogP contribution in [-0.4, -0.2) is 20.5 Å². The average Bonchev–Trinajstić information content (AvgIpc) is 2.82. The van der Waals surface area contributed by atoms with Gasteiger partial charge in [0.15, 0.2) is 0 Å². The van der Waals surface area contributed by atoms with Gasteiger partial charge in [-0.25, -0.2) is 4.68 Å². The largest absolute Gasteiger partial charge is 0.418 e. The minimum atomic E-state index is -4.43. The van der Waals surface area contributed by atoms with Gasteiger partial charge in [-0.05, 0) is 32.9 Å². The molecule has 114 valence electrons. The molecule has 0 fully saturated rings. The number of para-hydroxylation sites is 1. The van der Waals surface area contributed by atoms with E-state index in [-0.39, 0.29) is 11.2 Å². The Kier molecular flexibility index (Phi) is 4.04. The molecular weight excluding hydrogens is 281 g/mol. The van der Waals surface area contributed by atoms with Crippen molar-refractivity contribution in [1.82, 2.24) is 20.3 Å². The maximum atomic E-state index is 13.1. The number of halogens is 3. The number of aromatic nitrogens is 3. The molecule has 2 rings (SSSR count). The Bertz CT molecular complexity index is 611. The van der Waals surface area contributed by atoms with Gasteiger partial charge in [-0.3, -0.25) is 0 Å². The smallest absolute Gasteiger partial charge is 0.306 e. The predicted octanol–water partition coefficient (Wildman–Crippen LogP) is 3.17. The molecule has 0 aliphatic rings. The van der Waals surface area contributed by atoms with E-state index in [1.54, 1.807) is 6.07 Å². The van der Waals surface area contributed by atoms with Gasteiger partial charge >= 0.3 is 6.18 Å². The van der Waals surface area contributed by atoms with Crippen molar-refractivity contribution in [2.75, 3.05) is 0 Å². The highest BCUT2D eigenvalue weighted by atomic mass is 19.4. The monoisotopic (exact) mass is 298 g/mol. The van der Waals surface area contributed by atoms with Crippen LogP contribution in [0.25, 0.3) is 5.69 Å². The number of alkyl halides is 3. The summed E-state index contributed by atoms with van der Waals surface area (Å²) in [7, 11) is 0. The summed E-state index contributed by atoms with van der Waals surface area (Å²) in [5.41, 5.74) is -0.333. The second kappa shape index (κ2) is 5.48. The summed E-state index contributed by atoms with van der Waals surface area (Å²) in [6.07, 6.45) is -2.97. The lowest BCUT2D eigenvalue weighted by Gasteiger charge is -2.21. The molecule has 21 heavy (non-hydrogen) atoms. The molecule has 0 unspecified atom stereocenters. The SMILES string of the molecule is CC(C)(C)NCc1cnnn1-c1ccccc1C(F)(F)F. The van der Waals surface area contributed by atoms with Crippen LogP contribution in [0.5, 0.6) is 0 Å². The van der Waals surface area contributed by atoms with Crippen LogP contribution in [0.2, 0.25) is 0 Å². The molecule has 1 N–H and O–H groups in total. The number of benzene rings is 1. The second-order valence-corrected chi connectivity index (χ2v) is 5.76. The molecule has 0 aliphatic heterocycles. The van der Waals surface area contributed by atoms with Crippen molar-refractivity contribution in [3.8, 4) is 5.69 Å². The zero-order valence-electron chi connectivity index (χ0n) is 12.1. The van der Waals surface area contributed by atoms with Crippen molar-refractivity contribution < 1.29 is 13.2 Å². The minimum absolute atomic E-state index is 0.0202. The van der Waals surface area contributed by atoms with Crippen molar-refractivity contribution in [1.29, 1.82) is 0 Å². The number of hydrogen-bond donors (Lipinski definition) is 1. The van der Waals surface area contributed by atoms with Crippen LogP contribution in [0.1, 0.15) is 32.0 Å². The Hall–Kier alpha value is -1.89.